The van der Waals surface area contributed by atoms with Crippen LogP contribution in [-0.4, -0.2) is 17.4 Å². The number of rotatable bonds is 6. The summed E-state index contributed by atoms with van der Waals surface area (Å²) in [5.41, 5.74) is 2.38. The zero-order valence-corrected chi connectivity index (χ0v) is 14.9. The maximum absolute atomic E-state index is 12.6. The summed E-state index contributed by atoms with van der Waals surface area (Å²) in [6.45, 7) is 3.22. The molecule has 0 aliphatic carbocycles. The molecule has 0 fully saturated rings. The van der Waals surface area contributed by atoms with Gasteiger partial charge in [-0.1, -0.05) is 48.3 Å². The van der Waals surface area contributed by atoms with Gasteiger partial charge >= 0.3 is 0 Å². The minimum atomic E-state index is 0.0189. The fraction of sp³-hybridized carbons (Fsp3) is 0.263. The number of hydrogen-bond acceptors (Lipinski definition) is 2. The van der Waals surface area contributed by atoms with Crippen molar-refractivity contribution in [2.75, 3.05) is 6.54 Å². The van der Waals surface area contributed by atoms with E-state index in [-0.39, 0.29) is 12.3 Å². The first-order valence-electron chi connectivity index (χ1n) is 7.74. The first-order valence-corrected chi connectivity index (χ1v) is 8.49. The second-order valence-corrected chi connectivity index (χ2v) is 6.38. The zero-order chi connectivity index (χ0) is 17.5. The van der Waals surface area contributed by atoms with Crippen LogP contribution in [-0.2, 0) is 17.8 Å². The summed E-state index contributed by atoms with van der Waals surface area (Å²) in [6.07, 6.45) is 1.11. The first-order chi connectivity index (χ1) is 11.5. The maximum atomic E-state index is 12.6. The van der Waals surface area contributed by atoms with Crippen LogP contribution in [0.3, 0.4) is 0 Å². The number of carbonyl (C=O) groups excluding carboxylic acids is 1. The number of halogens is 2. The predicted molar refractivity (Wildman–Crippen MR) is 97.0 cm³/mol. The number of nitriles is 1. The summed E-state index contributed by atoms with van der Waals surface area (Å²) in [6, 6.07) is 14.6. The quantitative estimate of drug-likeness (QED) is 0.739. The van der Waals surface area contributed by atoms with Crippen LogP contribution < -0.4 is 0 Å². The average Bonchev–Trinajstić information content (AvgIpc) is 2.57. The molecule has 0 atom stereocenters. The lowest BCUT2D eigenvalue weighted by Crippen LogP contribution is -2.32. The summed E-state index contributed by atoms with van der Waals surface area (Å²) in [5, 5.41) is 9.92. The van der Waals surface area contributed by atoms with Gasteiger partial charge in [0, 0.05) is 23.1 Å². The molecule has 0 spiro atoms. The van der Waals surface area contributed by atoms with E-state index < -0.39 is 0 Å². The Hall–Kier alpha value is -2.02. The van der Waals surface area contributed by atoms with E-state index in [0.717, 1.165) is 17.5 Å². The first kappa shape index (κ1) is 18.3. The third kappa shape index (κ3) is 4.99. The molecule has 5 heteroatoms. The van der Waals surface area contributed by atoms with Crippen molar-refractivity contribution >= 4 is 29.1 Å². The topological polar surface area (TPSA) is 44.1 Å². The minimum Gasteiger partial charge on any atom is -0.338 e. The van der Waals surface area contributed by atoms with Crippen molar-refractivity contribution in [1.82, 2.24) is 4.90 Å². The molecule has 2 aromatic rings. The molecule has 0 aromatic heterocycles. The van der Waals surface area contributed by atoms with Crippen LogP contribution in [0.1, 0.15) is 30.0 Å². The molecule has 2 aromatic carbocycles. The number of carbonyl (C=O) groups is 1. The SMILES string of the molecule is CCCN(Cc1ccc(C#N)cc1)C(=O)Cc1ccc(Cl)cc1Cl. The lowest BCUT2D eigenvalue weighted by Gasteiger charge is -2.22. The van der Waals surface area contributed by atoms with Crippen molar-refractivity contribution in [1.29, 1.82) is 5.26 Å². The summed E-state index contributed by atoms with van der Waals surface area (Å²) >= 11 is 12.1. The second kappa shape index (κ2) is 8.73. The van der Waals surface area contributed by atoms with E-state index in [4.69, 9.17) is 28.5 Å². The van der Waals surface area contributed by atoms with Crippen molar-refractivity contribution in [2.24, 2.45) is 0 Å². The largest absolute Gasteiger partial charge is 0.338 e. The molecule has 0 heterocycles. The van der Waals surface area contributed by atoms with Crippen LogP contribution in [0, 0.1) is 11.3 Å². The van der Waals surface area contributed by atoms with Gasteiger partial charge < -0.3 is 4.90 Å². The number of hydrogen-bond donors (Lipinski definition) is 0. The normalized spacial score (nSPS) is 10.2. The second-order valence-electron chi connectivity index (χ2n) is 5.54. The van der Waals surface area contributed by atoms with Gasteiger partial charge in [-0.3, -0.25) is 4.79 Å². The van der Waals surface area contributed by atoms with Gasteiger partial charge in [-0.15, -0.1) is 0 Å². The molecule has 0 radical (unpaired) electrons. The van der Waals surface area contributed by atoms with Crippen LogP contribution in [0.2, 0.25) is 10.0 Å². The van der Waals surface area contributed by atoms with Gasteiger partial charge in [0.25, 0.3) is 0 Å². The van der Waals surface area contributed by atoms with E-state index in [9.17, 15) is 4.79 Å². The van der Waals surface area contributed by atoms with E-state index in [2.05, 4.69) is 6.07 Å². The average molecular weight is 361 g/mol. The molecule has 124 valence electrons. The van der Waals surface area contributed by atoms with Crippen LogP contribution >= 0.6 is 23.2 Å². The van der Waals surface area contributed by atoms with Gasteiger partial charge in [-0.25, -0.2) is 0 Å². The smallest absolute Gasteiger partial charge is 0.227 e. The van der Waals surface area contributed by atoms with Gasteiger partial charge in [-0.05, 0) is 41.8 Å². The Morgan fingerprint density at radius 1 is 1.17 bits per heavy atom. The standard InChI is InChI=1S/C19H18Cl2N2O/c1-2-9-23(13-15-5-3-14(12-22)4-6-15)19(24)10-16-7-8-17(20)11-18(16)21/h3-8,11H,2,9-10,13H2,1H3. The molecule has 0 unspecified atom stereocenters. The van der Waals surface area contributed by atoms with Gasteiger partial charge in [-0.2, -0.15) is 5.26 Å². The molecule has 0 N–H and O–H groups in total. The van der Waals surface area contributed by atoms with Crippen LogP contribution in [0.15, 0.2) is 42.5 Å². The van der Waals surface area contributed by atoms with Crippen molar-refractivity contribution in [3.8, 4) is 6.07 Å². The fourth-order valence-corrected chi connectivity index (χ4v) is 2.88. The molecule has 1 amide bonds. The van der Waals surface area contributed by atoms with Crippen molar-refractivity contribution in [3.63, 3.8) is 0 Å². The highest BCUT2D eigenvalue weighted by Gasteiger charge is 2.15. The number of nitrogens with zero attached hydrogens (tertiary/aromatic N) is 2. The summed E-state index contributed by atoms with van der Waals surface area (Å²) in [7, 11) is 0. The lowest BCUT2D eigenvalue weighted by molar-refractivity contribution is -0.131. The molecule has 0 saturated heterocycles. The Morgan fingerprint density at radius 3 is 2.46 bits per heavy atom. The molecule has 2 rings (SSSR count). The highest BCUT2D eigenvalue weighted by atomic mass is 35.5. The Morgan fingerprint density at radius 2 is 1.88 bits per heavy atom. The summed E-state index contributed by atoms with van der Waals surface area (Å²) in [4.78, 5) is 14.5. The Balaban J connectivity index is 2.10. The van der Waals surface area contributed by atoms with Crippen molar-refractivity contribution in [3.05, 3.63) is 69.2 Å². The van der Waals surface area contributed by atoms with Crippen LogP contribution in [0.5, 0.6) is 0 Å². The van der Waals surface area contributed by atoms with E-state index in [1.165, 1.54) is 0 Å². The Kier molecular flexibility index (Phi) is 6.66. The van der Waals surface area contributed by atoms with Crippen molar-refractivity contribution < 1.29 is 4.79 Å². The summed E-state index contributed by atoms with van der Waals surface area (Å²) in [5.74, 6) is 0.0189. The molecule has 24 heavy (non-hydrogen) atoms. The van der Waals surface area contributed by atoms with E-state index >= 15 is 0 Å². The fourth-order valence-electron chi connectivity index (χ4n) is 2.41. The minimum absolute atomic E-state index is 0.0189. The highest BCUT2D eigenvalue weighted by Crippen LogP contribution is 2.22. The number of benzene rings is 2. The lowest BCUT2D eigenvalue weighted by atomic mass is 10.1. The zero-order valence-electron chi connectivity index (χ0n) is 13.4. The maximum Gasteiger partial charge on any atom is 0.227 e. The summed E-state index contributed by atoms with van der Waals surface area (Å²) < 4.78 is 0. The Labute approximate surface area is 152 Å². The Bertz CT molecular complexity index is 751. The van der Waals surface area contributed by atoms with Crippen LogP contribution in [0.25, 0.3) is 0 Å². The predicted octanol–water partition coefficient (Wildman–Crippen LogP) is 4.85. The van der Waals surface area contributed by atoms with Gasteiger partial charge in [0.15, 0.2) is 0 Å². The molecule has 3 nitrogen and oxygen atoms in total. The highest BCUT2D eigenvalue weighted by molar-refractivity contribution is 6.35. The van der Waals surface area contributed by atoms with E-state index in [1.54, 1.807) is 30.3 Å². The monoisotopic (exact) mass is 360 g/mol. The van der Waals surface area contributed by atoms with Crippen LogP contribution in [0.4, 0.5) is 0 Å². The van der Waals surface area contributed by atoms with Gasteiger partial charge in [0.1, 0.15) is 0 Å². The van der Waals surface area contributed by atoms with E-state index in [0.29, 0.717) is 28.7 Å². The molecule has 0 bridgehead atoms. The van der Waals surface area contributed by atoms with Gasteiger partial charge in [0.05, 0.1) is 18.1 Å². The third-order valence-electron chi connectivity index (χ3n) is 3.66. The molecule has 0 aliphatic heterocycles. The molecular weight excluding hydrogens is 343 g/mol. The third-order valence-corrected chi connectivity index (χ3v) is 4.25. The molecule has 0 saturated carbocycles. The van der Waals surface area contributed by atoms with Gasteiger partial charge in [0.2, 0.25) is 5.91 Å². The molecule has 0 aliphatic rings. The van der Waals surface area contributed by atoms with E-state index in [1.807, 2.05) is 24.0 Å². The number of amides is 1. The van der Waals surface area contributed by atoms with Crippen molar-refractivity contribution in [2.45, 2.75) is 26.3 Å². The molecular formula is C19H18Cl2N2O.